The molecule has 142 valence electrons. The van der Waals surface area contributed by atoms with Crippen molar-refractivity contribution in [2.75, 3.05) is 26.0 Å². The van der Waals surface area contributed by atoms with Gasteiger partial charge in [-0.1, -0.05) is 6.92 Å². The number of nitrogens with one attached hydrogen (secondary N) is 2. The largest absolute Gasteiger partial charge is 0.505 e. The molecule has 0 saturated carbocycles. The molecule has 0 aromatic carbocycles. The molecule has 2 aromatic rings. The first-order valence-corrected chi connectivity index (χ1v) is 7.26. The molecule has 0 aliphatic carbocycles. The summed E-state index contributed by atoms with van der Waals surface area (Å²) in [4.78, 5) is 29.7. The monoisotopic (exact) mass is 380 g/mol. The third-order valence-corrected chi connectivity index (χ3v) is 3.28. The number of hydrogen-bond donors (Lipinski definition) is 3. The number of fused-ring (bicyclic) bond motifs is 1. The number of amides is 1. The topological polar surface area (TPSA) is 103 Å². The summed E-state index contributed by atoms with van der Waals surface area (Å²) in [6, 6.07) is 0. The Kier molecular flexibility index (Phi) is 1.85. The molecule has 8 heteroatoms. The number of imidazole rings is 1. The Labute approximate surface area is 179 Å². The fourth-order valence-electron chi connectivity index (χ4n) is 2.14. The van der Waals surface area contributed by atoms with Gasteiger partial charge in [-0.25, -0.2) is 4.98 Å². The van der Waals surface area contributed by atoms with Crippen LogP contribution in [-0.4, -0.2) is 56.5 Å². The maximum absolute atomic E-state index is 13.3. The molecule has 3 rings (SSSR count). The fraction of sp³-hybridized carbons (Fsp3) is 0.611. The van der Waals surface area contributed by atoms with Gasteiger partial charge in [0.05, 0.1) is 6.30 Å². The Morgan fingerprint density at radius 3 is 3.46 bits per heavy atom. The molecule has 1 saturated heterocycles. The third kappa shape index (κ3) is 3.60. The molecule has 26 heavy (non-hydrogen) atoms. The van der Waals surface area contributed by atoms with Crippen molar-refractivity contribution < 1.29 is 36.0 Å². The van der Waals surface area contributed by atoms with E-state index >= 15 is 0 Å². The molecule has 0 bridgehead atoms. The quantitative estimate of drug-likeness (QED) is 0.701. The van der Waals surface area contributed by atoms with Crippen LogP contribution in [0.3, 0.4) is 0 Å². The van der Waals surface area contributed by atoms with Crippen molar-refractivity contribution in [3.8, 4) is 5.75 Å². The van der Waals surface area contributed by atoms with Gasteiger partial charge in [0.2, 0.25) is 0 Å². The van der Waals surface area contributed by atoms with Crippen LogP contribution in [0.15, 0.2) is 11.1 Å². The fourth-order valence-corrected chi connectivity index (χ4v) is 2.14. The maximum Gasteiger partial charge on any atom is 0.268 e. The standard InChI is InChI=1S/C18H27N5O3/c1-3-23-16-14(20-11-21-16)15(24)13(18(23)26)17(25)19-7-5-9-22-8-4-6-12(2)10-22/h11-12,24H,3-10H2,1-2H3,(H,19,25)(H,20,21)/i1D3,3D2,4D2,6D2,8D2,9D2,10D2,11D,12D/hD2. The van der Waals surface area contributed by atoms with Gasteiger partial charge in [-0.2, -0.15) is 0 Å². The lowest BCUT2D eigenvalue weighted by atomic mass is 10.0. The molecule has 1 atom stereocenters. The van der Waals surface area contributed by atoms with Gasteiger partial charge in [0.15, 0.2) is 14.2 Å². The number of likely N-dealkylation sites (tertiary alicyclic amines) is 1. The molecule has 1 aliphatic heterocycles. The van der Waals surface area contributed by atoms with E-state index in [0.29, 0.717) is 6.92 Å². The zero-order valence-electron chi connectivity index (χ0n) is 32.4. The molecular formula is C18H27N5O3. The number of nitrogens with zero attached hydrogens (tertiary/aromatic N) is 3. The molecule has 2 aromatic heterocycles. The van der Waals surface area contributed by atoms with E-state index in [1.54, 1.807) is 0 Å². The molecule has 3 heterocycles. The van der Waals surface area contributed by atoms with Gasteiger partial charge in [-0.3, -0.25) is 14.2 Å². The van der Waals surface area contributed by atoms with Crippen LogP contribution in [0.2, 0.25) is 2.82 Å². The van der Waals surface area contributed by atoms with Gasteiger partial charge >= 0.3 is 0 Å². The minimum Gasteiger partial charge on any atom is -0.505 e. The molecule has 8 nitrogen and oxygen atoms in total. The van der Waals surface area contributed by atoms with Crippen molar-refractivity contribution in [2.24, 2.45) is 5.89 Å². The lowest BCUT2D eigenvalue weighted by molar-refractivity contribution is 0.0945. The highest BCUT2D eigenvalue weighted by Gasteiger charge is 2.23. The predicted octanol–water partition coefficient (Wildman–Crippen LogP) is 1.30. The number of aromatic amines is 1. The number of aromatic hydroxyl groups is 1. The molecule has 1 aliphatic rings. The SMILES string of the molecule is [2H]c1nc2c(c(O)c(C(=O)N([2H])CCC([2H])([2H])N3C([2H])([2H])C([2H])([2H])C([2H])([2H])C([2H])(C)C3([2H])[2H])c(=O)n2C([2H])([2H])C([2H])([2H])[2H])n1[2H]. The van der Waals surface area contributed by atoms with E-state index in [1.807, 2.05) is 0 Å². The van der Waals surface area contributed by atoms with E-state index < -0.39 is 105 Å². The number of carbonyl (C=O) groups excluding carboxylic acids is 1. The van der Waals surface area contributed by atoms with Crippen LogP contribution in [0.25, 0.3) is 11.2 Å². The molecule has 1 fully saturated rings. The number of hydrogen-bond acceptors (Lipinski definition) is 5. The number of rotatable bonds is 6. The van der Waals surface area contributed by atoms with Gasteiger partial charge in [0.25, 0.3) is 11.5 Å². The first kappa shape index (κ1) is 6.09. The summed E-state index contributed by atoms with van der Waals surface area (Å²) in [7, 11) is 0. The Hall–Kier alpha value is -2.35. The van der Waals surface area contributed by atoms with E-state index in [4.69, 9.17) is 26.1 Å². The number of carbonyl (C=O) groups is 1. The van der Waals surface area contributed by atoms with Crippen molar-refractivity contribution in [1.82, 2.24) is 24.7 Å². The number of H-pyrrole nitrogens is 1. The van der Waals surface area contributed by atoms with Crippen LogP contribution < -0.4 is 10.9 Å². The van der Waals surface area contributed by atoms with Crippen LogP contribution in [0.5, 0.6) is 5.75 Å². The maximum atomic E-state index is 13.3. The van der Waals surface area contributed by atoms with Gasteiger partial charge in [0, 0.05) is 41.5 Å². The second kappa shape index (κ2) is 7.90. The first-order valence-electron chi connectivity index (χ1n) is 16.7. The lowest BCUT2D eigenvalue weighted by Gasteiger charge is -2.30. The minimum atomic E-state index is -3.78. The minimum absolute atomic E-state index is 0.0326. The third-order valence-electron chi connectivity index (χ3n) is 3.28. The Morgan fingerprint density at radius 2 is 2.65 bits per heavy atom. The molecule has 3 N–H and O–H groups in total. The summed E-state index contributed by atoms with van der Waals surface area (Å²) in [6.45, 7) is -18.6. The Morgan fingerprint density at radius 1 is 1.81 bits per heavy atom. The van der Waals surface area contributed by atoms with E-state index in [2.05, 4.69) is 4.98 Å². The lowest BCUT2D eigenvalue weighted by Crippen LogP contribution is -2.37. The summed E-state index contributed by atoms with van der Waals surface area (Å²) in [6.07, 6.45) is -9.49. The van der Waals surface area contributed by atoms with Crippen LogP contribution >= 0.6 is 0 Å². The zero-order valence-corrected chi connectivity index (χ0v) is 13.4. The predicted molar refractivity (Wildman–Crippen MR) is 99.5 cm³/mol. The molecular weight excluding hydrogens is 334 g/mol. The number of piperidine rings is 1. The average molecular weight is 381 g/mol. The van der Waals surface area contributed by atoms with E-state index in [9.17, 15) is 14.7 Å². The summed E-state index contributed by atoms with van der Waals surface area (Å²) in [5, 5.41) is 10.5. The highest BCUT2D eigenvalue weighted by molar-refractivity contribution is 6.00. The summed E-state index contributed by atoms with van der Waals surface area (Å²) >= 11 is 0. The van der Waals surface area contributed by atoms with Crippen molar-refractivity contribution >= 4 is 17.1 Å². The van der Waals surface area contributed by atoms with Crippen molar-refractivity contribution in [1.29, 1.82) is 0 Å². The number of pyridine rings is 1. The summed E-state index contributed by atoms with van der Waals surface area (Å²) < 4.78 is 152. The molecule has 1 unspecified atom stereocenters. The van der Waals surface area contributed by atoms with Crippen molar-refractivity contribution in [3.63, 3.8) is 0 Å². The van der Waals surface area contributed by atoms with E-state index in [-0.39, 0.29) is 19.8 Å². The normalized spacial score (nSPS) is 41.2. The van der Waals surface area contributed by atoms with Gasteiger partial charge in [0.1, 0.15) is 12.5 Å². The average Bonchev–Trinajstić information content (AvgIpc) is 3.13. The van der Waals surface area contributed by atoms with Crippen LogP contribution in [0.4, 0.5) is 0 Å². The second-order valence-electron chi connectivity index (χ2n) is 5.00. The summed E-state index contributed by atoms with van der Waals surface area (Å²) in [5.74, 6) is -6.38. The van der Waals surface area contributed by atoms with Crippen LogP contribution in [0, 0.1) is 5.89 Å². The molecule has 1 amide bonds. The first-order chi connectivity index (χ1) is 19.8. The highest BCUT2D eigenvalue weighted by Crippen LogP contribution is 2.23. The van der Waals surface area contributed by atoms with E-state index in [1.165, 1.54) is 0 Å². The van der Waals surface area contributed by atoms with Crippen molar-refractivity contribution in [2.45, 2.75) is 39.4 Å². The second-order valence-corrected chi connectivity index (χ2v) is 5.00. The molecule has 0 radical (unpaired) electrons. The summed E-state index contributed by atoms with van der Waals surface area (Å²) in [5.41, 5.74) is -5.34. The van der Waals surface area contributed by atoms with Gasteiger partial charge in [-0.05, 0) is 44.9 Å². The van der Waals surface area contributed by atoms with Crippen LogP contribution in [0.1, 0.15) is 66.6 Å². The number of aryl methyl sites for hydroxylation is 1. The smallest absolute Gasteiger partial charge is 0.268 e. The van der Waals surface area contributed by atoms with Gasteiger partial charge in [-0.15, -0.1) is 0 Å². The van der Waals surface area contributed by atoms with Crippen LogP contribution in [-0.2, 0) is 6.50 Å². The Bertz CT molecular complexity index is 1560. The zero-order chi connectivity index (χ0) is 35.5. The highest BCUT2D eigenvalue weighted by atomic mass is 16.3. The van der Waals surface area contributed by atoms with Crippen molar-refractivity contribution in [3.05, 3.63) is 22.2 Å². The molecule has 0 spiro atoms. The number of aromatic nitrogens is 3. The van der Waals surface area contributed by atoms with Gasteiger partial charge < -0.3 is 20.3 Å². The Balaban J connectivity index is 2.11. The van der Waals surface area contributed by atoms with E-state index in [0.717, 1.165) is 0 Å².